The molecule has 6 heteroatoms. The van der Waals surface area contributed by atoms with Crippen molar-refractivity contribution in [2.75, 3.05) is 13.1 Å². The number of likely N-dealkylation sites (tertiary alicyclic amines) is 2. The molecule has 1 aromatic carbocycles. The van der Waals surface area contributed by atoms with E-state index in [9.17, 15) is 0 Å². The van der Waals surface area contributed by atoms with E-state index in [0.717, 1.165) is 13.1 Å². The van der Waals surface area contributed by atoms with Crippen molar-refractivity contribution >= 4 is 0 Å². The molecule has 2 unspecified atom stereocenters. The van der Waals surface area contributed by atoms with Gasteiger partial charge in [-0.15, -0.1) is 0 Å². The van der Waals surface area contributed by atoms with E-state index >= 15 is 0 Å². The number of hydrogen-bond donors (Lipinski definition) is 4. The van der Waals surface area contributed by atoms with Gasteiger partial charge in [0.2, 0.25) is 0 Å². The molecular formula is C13H20N6. The van der Waals surface area contributed by atoms with E-state index in [1.807, 2.05) is 0 Å². The third-order valence-corrected chi connectivity index (χ3v) is 4.44. The van der Waals surface area contributed by atoms with Crippen molar-refractivity contribution in [2.45, 2.75) is 31.3 Å². The van der Waals surface area contributed by atoms with Gasteiger partial charge in [-0.3, -0.25) is 9.80 Å². The van der Waals surface area contributed by atoms with Gasteiger partial charge in [0.15, 0.2) is 0 Å². The fourth-order valence-electron chi connectivity index (χ4n) is 3.52. The summed E-state index contributed by atoms with van der Waals surface area (Å²) >= 11 is 0. The molecule has 0 aliphatic carbocycles. The summed E-state index contributed by atoms with van der Waals surface area (Å²) in [6.45, 7) is 3.38. The highest BCUT2D eigenvalue weighted by molar-refractivity contribution is 5.15. The summed E-state index contributed by atoms with van der Waals surface area (Å²) in [6, 6.07) is 12.1. The topological polar surface area (TPSA) is 54.6 Å². The minimum atomic E-state index is 0.203. The lowest BCUT2D eigenvalue weighted by molar-refractivity contribution is 0.0690. The van der Waals surface area contributed by atoms with Crippen LogP contribution in [0.25, 0.3) is 0 Å². The summed E-state index contributed by atoms with van der Waals surface area (Å²) < 4.78 is 0. The Morgan fingerprint density at radius 1 is 1.00 bits per heavy atom. The minimum absolute atomic E-state index is 0.203. The predicted molar refractivity (Wildman–Crippen MR) is 72.1 cm³/mol. The molecule has 0 spiro atoms. The van der Waals surface area contributed by atoms with Gasteiger partial charge in [0.1, 0.15) is 6.29 Å². The van der Waals surface area contributed by atoms with Gasteiger partial charge in [0.05, 0.1) is 0 Å². The average molecular weight is 260 g/mol. The molecule has 2 bridgehead atoms. The van der Waals surface area contributed by atoms with Crippen LogP contribution in [0.2, 0.25) is 0 Å². The van der Waals surface area contributed by atoms with E-state index in [2.05, 4.69) is 62.1 Å². The summed E-state index contributed by atoms with van der Waals surface area (Å²) in [7, 11) is 0. The van der Waals surface area contributed by atoms with Crippen molar-refractivity contribution < 1.29 is 0 Å². The number of hydrazine groups is 3. The zero-order valence-electron chi connectivity index (χ0n) is 10.8. The van der Waals surface area contributed by atoms with Crippen molar-refractivity contribution in [3.8, 4) is 0 Å². The van der Waals surface area contributed by atoms with Crippen LogP contribution in [0.4, 0.5) is 0 Å². The first-order chi connectivity index (χ1) is 9.40. The summed E-state index contributed by atoms with van der Waals surface area (Å²) in [5, 5.41) is 0. The van der Waals surface area contributed by atoms with Gasteiger partial charge in [0.25, 0.3) is 0 Å². The normalized spacial score (nSPS) is 32.4. The van der Waals surface area contributed by atoms with Gasteiger partial charge in [-0.05, 0) is 12.0 Å². The van der Waals surface area contributed by atoms with Gasteiger partial charge in [-0.25, -0.2) is 10.9 Å². The highest BCUT2D eigenvalue weighted by Crippen LogP contribution is 2.32. The van der Waals surface area contributed by atoms with Crippen molar-refractivity contribution in [3.63, 3.8) is 0 Å². The van der Waals surface area contributed by atoms with Crippen LogP contribution in [0.5, 0.6) is 0 Å². The zero-order chi connectivity index (χ0) is 12.7. The van der Waals surface area contributed by atoms with Crippen LogP contribution in [0, 0.1) is 0 Å². The number of nitrogens with one attached hydrogen (secondary N) is 4. The molecule has 0 amide bonds. The van der Waals surface area contributed by atoms with E-state index in [1.165, 1.54) is 18.5 Å². The first-order valence-corrected chi connectivity index (χ1v) is 6.95. The Morgan fingerprint density at radius 2 is 1.79 bits per heavy atom. The molecule has 19 heavy (non-hydrogen) atoms. The highest BCUT2D eigenvalue weighted by Gasteiger charge is 2.46. The molecule has 2 atom stereocenters. The van der Waals surface area contributed by atoms with Crippen molar-refractivity contribution in [1.82, 2.24) is 31.7 Å². The van der Waals surface area contributed by atoms with E-state index in [4.69, 9.17) is 0 Å². The Bertz CT molecular complexity index is 432. The lowest BCUT2D eigenvalue weighted by atomic mass is 10.2. The molecule has 0 aromatic heterocycles. The third-order valence-electron chi connectivity index (χ3n) is 4.44. The maximum absolute atomic E-state index is 3.18. The second-order valence-corrected chi connectivity index (χ2v) is 5.60. The van der Waals surface area contributed by atoms with E-state index in [-0.39, 0.29) is 6.29 Å². The van der Waals surface area contributed by atoms with Crippen molar-refractivity contribution in [2.24, 2.45) is 0 Å². The van der Waals surface area contributed by atoms with Crippen LogP contribution < -0.4 is 21.9 Å². The van der Waals surface area contributed by atoms with Crippen LogP contribution in [0.15, 0.2) is 30.3 Å². The van der Waals surface area contributed by atoms with Crippen LogP contribution >= 0.6 is 0 Å². The SMILES string of the molecule is c1ccc(CN2CC3CC2CN3C2NNNN2)cc1. The summed E-state index contributed by atoms with van der Waals surface area (Å²) in [4.78, 5) is 5.12. The lowest BCUT2D eigenvalue weighted by Gasteiger charge is -2.36. The minimum Gasteiger partial charge on any atom is -0.293 e. The summed E-state index contributed by atoms with van der Waals surface area (Å²) in [6.07, 6.45) is 1.49. The van der Waals surface area contributed by atoms with Crippen molar-refractivity contribution in [3.05, 3.63) is 35.9 Å². The second kappa shape index (κ2) is 4.82. The number of piperazine rings is 1. The fraction of sp³-hybridized carbons (Fsp3) is 0.538. The molecule has 3 aliphatic rings. The third kappa shape index (κ3) is 2.16. The number of rotatable bonds is 3. The van der Waals surface area contributed by atoms with E-state index < -0.39 is 0 Å². The second-order valence-electron chi connectivity index (χ2n) is 5.60. The zero-order valence-corrected chi connectivity index (χ0v) is 10.8. The monoisotopic (exact) mass is 260 g/mol. The summed E-state index contributed by atoms with van der Waals surface area (Å²) in [5.74, 6) is 0. The maximum Gasteiger partial charge on any atom is 0.142 e. The molecule has 6 nitrogen and oxygen atoms in total. The first kappa shape index (κ1) is 11.8. The van der Waals surface area contributed by atoms with Gasteiger partial charge >= 0.3 is 0 Å². The van der Waals surface area contributed by atoms with Gasteiger partial charge < -0.3 is 0 Å². The Morgan fingerprint density at radius 3 is 2.47 bits per heavy atom. The quantitative estimate of drug-likeness (QED) is 0.579. The Balaban J connectivity index is 1.39. The largest absolute Gasteiger partial charge is 0.293 e. The Kier molecular flexibility index (Phi) is 2.99. The molecule has 0 radical (unpaired) electrons. The van der Waals surface area contributed by atoms with E-state index in [0.29, 0.717) is 12.1 Å². The molecule has 3 heterocycles. The Labute approximate surface area is 113 Å². The van der Waals surface area contributed by atoms with Gasteiger partial charge in [-0.1, -0.05) is 30.3 Å². The molecule has 4 N–H and O–H groups in total. The average Bonchev–Trinajstić information content (AvgIpc) is 3.15. The van der Waals surface area contributed by atoms with Crippen LogP contribution in [0.3, 0.4) is 0 Å². The molecule has 3 aliphatic heterocycles. The number of nitrogens with zero attached hydrogens (tertiary/aromatic N) is 2. The van der Waals surface area contributed by atoms with Crippen LogP contribution in [0.1, 0.15) is 12.0 Å². The number of hydrogen-bond acceptors (Lipinski definition) is 6. The van der Waals surface area contributed by atoms with Crippen LogP contribution in [-0.4, -0.2) is 41.3 Å². The highest BCUT2D eigenvalue weighted by atomic mass is 15.9. The summed E-state index contributed by atoms with van der Waals surface area (Å²) in [5.41, 5.74) is 13.6. The molecule has 0 saturated carbocycles. The van der Waals surface area contributed by atoms with Gasteiger partial charge in [-0.2, -0.15) is 11.1 Å². The fourth-order valence-corrected chi connectivity index (χ4v) is 3.52. The van der Waals surface area contributed by atoms with Gasteiger partial charge in [0, 0.05) is 31.7 Å². The molecular weight excluding hydrogens is 240 g/mol. The maximum atomic E-state index is 3.18. The standard InChI is InChI=1S/C13H20N6/c1-2-4-10(5-3-1)7-18-8-12-6-11(18)9-19(12)13-14-16-17-15-13/h1-5,11-17H,6-9H2. The molecule has 1 aromatic rings. The number of benzene rings is 1. The van der Waals surface area contributed by atoms with E-state index in [1.54, 1.807) is 0 Å². The van der Waals surface area contributed by atoms with Crippen molar-refractivity contribution in [1.29, 1.82) is 0 Å². The first-order valence-electron chi connectivity index (χ1n) is 6.95. The molecule has 102 valence electrons. The lowest BCUT2D eigenvalue weighted by Crippen LogP contribution is -2.57. The Hall–Kier alpha value is -1.02. The molecule has 3 fully saturated rings. The molecule has 4 rings (SSSR count). The van der Waals surface area contributed by atoms with Crippen LogP contribution in [-0.2, 0) is 6.54 Å². The predicted octanol–water partition coefficient (Wildman–Crippen LogP) is -0.654. The smallest absolute Gasteiger partial charge is 0.142 e. The molecule has 3 saturated heterocycles. The number of fused-ring (bicyclic) bond motifs is 2.